The molecular formula is C19H28N2O4. The van der Waals surface area contributed by atoms with Crippen LogP contribution >= 0.6 is 0 Å². The molecule has 1 aromatic heterocycles. The summed E-state index contributed by atoms with van der Waals surface area (Å²) in [6, 6.07) is 2.87. The van der Waals surface area contributed by atoms with Gasteiger partial charge < -0.3 is 19.7 Å². The molecule has 2 aliphatic rings. The van der Waals surface area contributed by atoms with Gasteiger partial charge in [0.25, 0.3) is 0 Å². The number of nitrogens with zero attached hydrogens (tertiary/aromatic N) is 1. The summed E-state index contributed by atoms with van der Waals surface area (Å²) in [6.45, 7) is 4.20. The summed E-state index contributed by atoms with van der Waals surface area (Å²) in [7, 11) is 0. The largest absolute Gasteiger partial charge is 0.464 e. The number of aryl methyl sites for hydroxylation is 1. The molecule has 0 spiro atoms. The van der Waals surface area contributed by atoms with Crippen LogP contribution in [0.5, 0.6) is 0 Å². The predicted molar refractivity (Wildman–Crippen MR) is 92.7 cm³/mol. The first-order chi connectivity index (χ1) is 12.0. The number of nitrogens with one attached hydrogen (secondary N) is 1. The quantitative estimate of drug-likeness (QED) is 0.825. The van der Waals surface area contributed by atoms with E-state index in [-0.39, 0.29) is 23.8 Å². The fraction of sp³-hybridized carbons (Fsp3) is 0.684. The molecule has 1 saturated heterocycles. The fourth-order valence-corrected chi connectivity index (χ4v) is 3.44. The molecule has 0 aromatic carbocycles. The highest BCUT2D eigenvalue weighted by molar-refractivity contribution is 5.90. The van der Waals surface area contributed by atoms with Crippen LogP contribution in [-0.4, -0.2) is 40.5 Å². The number of furan rings is 1. The lowest BCUT2D eigenvalue weighted by atomic mass is 9.98. The number of likely N-dealkylation sites (tertiary alicyclic amines) is 1. The highest BCUT2D eigenvalue weighted by atomic mass is 16.3. The van der Waals surface area contributed by atoms with Gasteiger partial charge in [-0.1, -0.05) is 6.92 Å². The maximum atomic E-state index is 13.1. The zero-order valence-electron chi connectivity index (χ0n) is 15.0. The van der Waals surface area contributed by atoms with Crippen molar-refractivity contribution in [2.45, 2.75) is 70.6 Å². The Labute approximate surface area is 148 Å². The van der Waals surface area contributed by atoms with Crippen LogP contribution in [0, 0.1) is 5.92 Å². The molecule has 3 rings (SSSR count). The summed E-state index contributed by atoms with van der Waals surface area (Å²) in [5.41, 5.74) is 0. The lowest BCUT2D eigenvalue weighted by Crippen LogP contribution is -2.55. The summed E-state index contributed by atoms with van der Waals surface area (Å²) in [5.74, 6) is 1.36. The van der Waals surface area contributed by atoms with Crippen LogP contribution in [0.25, 0.3) is 0 Å². The number of piperidine rings is 1. The van der Waals surface area contributed by atoms with Gasteiger partial charge in [-0.25, -0.2) is 0 Å². The van der Waals surface area contributed by atoms with E-state index in [2.05, 4.69) is 5.32 Å². The van der Waals surface area contributed by atoms with Crippen molar-refractivity contribution in [1.29, 1.82) is 0 Å². The summed E-state index contributed by atoms with van der Waals surface area (Å²) >= 11 is 0. The Morgan fingerprint density at radius 3 is 2.68 bits per heavy atom. The summed E-state index contributed by atoms with van der Waals surface area (Å²) in [5, 5.41) is 12.8. The zero-order valence-corrected chi connectivity index (χ0v) is 15.0. The fourth-order valence-electron chi connectivity index (χ4n) is 3.44. The number of carbonyl (C=O) groups excluding carboxylic acids is 2. The molecule has 2 fully saturated rings. The number of aliphatic hydroxyl groups excluding tert-OH is 1. The van der Waals surface area contributed by atoms with E-state index < -0.39 is 12.1 Å². The van der Waals surface area contributed by atoms with Crippen molar-refractivity contribution < 1.29 is 19.1 Å². The van der Waals surface area contributed by atoms with Crippen LogP contribution in [0.3, 0.4) is 0 Å². The van der Waals surface area contributed by atoms with Crippen molar-refractivity contribution in [3.63, 3.8) is 0 Å². The number of amides is 2. The predicted octanol–water partition coefficient (Wildman–Crippen LogP) is 2.17. The van der Waals surface area contributed by atoms with Crippen LogP contribution < -0.4 is 5.32 Å². The number of carbonyl (C=O) groups is 2. The number of hydrogen-bond donors (Lipinski definition) is 2. The van der Waals surface area contributed by atoms with E-state index in [4.69, 9.17) is 4.42 Å². The normalized spacial score (nSPS) is 23.2. The highest BCUT2D eigenvalue weighted by Crippen LogP contribution is 2.33. The van der Waals surface area contributed by atoms with E-state index >= 15 is 0 Å². The summed E-state index contributed by atoms with van der Waals surface area (Å²) < 4.78 is 5.88. The molecule has 0 radical (unpaired) electrons. The summed E-state index contributed by atoms with van der Waals surface area (Å²) in [6.07, 6.45) is 4.41. The Kier molecular flexibility index (Phi) is 5.47. The molecule has 25 heavy (non-hydrogen) atoms. The molecule has 1 aliphatic carbocycles. The molecule has 6 nitrogen and oxygen atoms in total. The highest BCUT2D eigenvalue weighted by Gasteiger charge is 2.39. The monoisotopic (exact) mass is 348 g/mol. The maximum Gasteiger partial charge on any atom is 0.248 e. The number of rotatable bonds is 6. The van der Waals surface area contributed by atoms with Gasteiger partial charge in [-0.3, -0.25) is 9.59 Å². The van der Waals surface area contributed by atoms with Gasteiger partial charge in [0.05, 0.1) is 12.1 Å². The van der Waals surface area contributed by atoms with Gasteiger partial charge in [-0.05, 0) is 51.2 Å². The molecule has 2 amide bonds. The maximum absolute atomic E-state index is 13.1. The lowest BCUT2D eigenvalue weighted by molar-refractivity contribution is -0.143. The van der Waals surface area contributed by atoms with Gasteiger partial charge in [-0.2, -0.15) is 0 Å². The second-order valence-corrected chi connectivity index (χ2v) is 7.20. The van der Waals surface area contributed by atoms with Gasteiger partial charge >= 0.3 is 0 Å². The molecule has 0 bridgehead atoms. The van der Waals surface area contributed by atoms with Crippen molar-refractivity contribution in [1.82, 2.24) is 10.2 Å². The van der Waals surface area contributed by atoms with Crippen molar-refractivity contribution in [3.05, 3.63) is 23.7 Å². The molecule has 2 N–H and O–H groups in total. The van der Waals surface area contributed by atoms with Crippen LogP contribution in [0.1, 0.15) is 63.5 Å². The molecule has 1 aliphatic heterocycles. The Balaban J connectivity index is 1.76. The standard InChI is InChI=1S/C19H28N2O4/c1-3-14-9-10-16(25-14)15-6-4-5-11-21(15)19(24)17(12(2)22)20-18(23)13-7-8-13/h9-10,12-13,15,17,22H,3-8,11H2,1-2H3,(H,20,23). The van der Waals surface area contributed by atoms with Crippen LogP contribution in [0.4, 0.5) is 0 Å². The van der Waals surface area contributed by atoms with Crippen LogP contribution in [0.15, 0.2) is 16.5 Å². The molecule has 3 atom stereocenters. The molecule has 2 heterocycles. The Morgan fingerprint density at radius 2 is 2.08 bits per heavy atom. The minimum absolute atomic E-state index is 0.00314. The molecule has 3 unspecified atom stereocenters. The second-order valence-electron chi connectivity index (χ2n) is 7.20. The third-order valence-corrected chi connectivity index (χ3v) is 5.14. The first kappa shape index (κ1) is 18.0. The zero-order chi connectivity index (χ0) is 18.0. The van der Waals surface area contributed by atoms with Crippen molar-refractivity contribution in [2.75, 3.05) is 6.54 Å². The van der Waals surface area contributed by atoms with Crippen molar-refractivity contribution >= 4 is 11.8 Å². The van der Waals surface area contributed by atoms with Gasteiger partial charge in [0, 0.05) is 18.9 Å². The molecular weight excluding hydrogens is 320 g/mol. The van der Waals surface area contributed by atoms with Gasteiger partial charge in [0.15, 0.2) is 0 Å². The molecule has 138 valence electrons. The van der Waals surface area contributed by atoms with Gasteiger partial charge in [0.2, 0.25) is 11.8 Å². The third kappa shape index (κ3) is 4.06. The van der Waals surface area contributed by atoms with Gasteiger partial charge in [-0.15, -0.1) is 0 Å². The molecule has 1 aromatic rings. The SMILES string of the molecule is CCc1ccc(C2CCCCN2C(=O)C(NC(=O)C2CC2)C(C)O)o1. The second kappa shape index (κ2) is 7.60. The van der Waals surface area contributed by atoms with Crippen LogP contribution in [0.2, 0.25) is 0 Å². The molecule has 1 saturated carbocycles. The molecule has 6 heteroatoms. The minimum atomic E-state index is -0.930. The van der Waals surface area contributed by atoms with E-state index in [0.29, 0.717) is 6.54 Å². The topological polar surface area (TPSA) is 82.8 Å². The lowest BCUT2D eigenvalue weighted by Gasteiger charge is -2.37. The number of aliphatic hydroxyl groups is 1. The van der Waals surface area contributed by atoms with E-state index in [9.17, 15) is 14.7 Å². The van der Waals surface area contributed by atoms with E-state index in [1.54, 1.807) is 11.8 Å². The first-order valence-corrected chi connectivity index (χ1v) is 9.38. The number of hydrogen-bond acceptors (Lipinski definition) is 4. The van der Waals surface area contributed by atoms with E-state index in [1.807, 2.05) is 19.1 Å². The summed E-state index contributed by atoms with van der Waals surface area (Å²) in [4.78, 5) is 26.9. The Morgan fingerprint density at radius 1 is 1.32 bits per heavy atom. The van der Waals surface area contributed by atoms with E-state index in [0.717, 1.165) is 50.0 Å². The van der Waals surface area contributed by atoms with Crippen molar-refractivity contribution in [2.24, 2.45) is 5.92 Å². The first-order valence-electron chi connectivity index (χ1n) is 9.38. The third-order valence-electron chi connectivity index (χ3n) is 5.14. The van der Waals surface area contributed by atoms with Gasteiger partial charge in [0.1, 0.15) is 17.6 Å². The van der Waals surface area contributed by atoms with Crippen molar-refractivity contribution in [3.8, 4) is 0 Å². The average Bonchev–Trinajstić information content (AvgIpc) is 3.36. The average molecular weight is 348 g/mol. The Hall–Kier alpha value is -1.82. The smallest absolute Gasteiger partial charge is 0.248 e. The van der Waals surface area contributed by atoms with Crippen LogP contribution in [-0.2, 0) is 16.0 Å². The van der Waals surface area contributed by atoms with E-state index in [1.165, 1.54) is 0 Å². The minimum Gasteiger partial charge on any atom is -0.464 e. The Bertz CT molecular complexity index is 621.